The Labute approximate surface area is 227 Å². The number of ether oxygens (including phenoxy) is 2. The highest BCUT2D eigenvalue weighted by molar-refractivity contribution is 5.97. The zero-order chi connectivity index (χ0) is 29.0. The van der Waals surface area contributed by atoms with Gasteiger partial charge in [-0.3, -0.25) is 19.3 Å². The van der Waals surface area contributed by atoms with E-state index in [2.05, 4.69) is 20.4 Å². The van der Waals surface area contributed by atoms with E-state index < -0.39 is 41.9 Å². The van der Waals surface area contributed by atoms with Crippen molar-refractivity contribution in [2.75, 3.05) is 56.2 Å². The Kier molecular flexibility index (Phi) is 8.50. The average Bonchev–Trinajstić information content (AvgIpc) is 3.31. The Morgan fingerprint density at radius 1 is 1.12 bits per heavy atom. The highest BCUT2D eigenvalue weighted by atomic mass is 19.1. The topological polar surface area (TPSA) is 153 Å². The number of pyridine rings is 1. The van der Waals surface area contributed by atoms with E-state index in [0.717, 1.165) is 17.0 Å². The summed E-state index contributed by atoms with van der Waals surface area (Å²) in [6.07, 6.45) is -0.998. The highest BCUT2D eigenvalue weighted by Gasteiger charge is 2.34. The average molecular weight is 563 g/mol. The van der Waals surface area contributed by atoms with Gasteiger partial charge in [-0.2, -0.15) is 0 Å². The third-order valence-corrected chi connectivity index (χ3v) is 6.52. The Bertz CT molecular complexity index is 1320. The van der Waals surface area contributed by atoms with Gasteiger partial charge in [0, 0.05) is 50.6 Å². The van der Waals surface area contributed by atoms with Gasteiger partial charge in [0.25, 0.3) is 5.91 Å². The molecule has 0 bridgehead atoms. The van der Waals surface area contributed by atoms with E-state index in [0.29, 0.717) is 0 Å². The van der Waals surface area contributed by atoms with Gasteiger partial charge in [-0.25, -0.2) is 18.4 Å². The van der Waals surface area contributed by atoms with Crippen LogP contribution in [-0.4, -0.2) is 92.4 Å². The molecule has 1 aromatic heterocycles. The molecule has 4 rings (SSSR count). The first-order valence-corrected chi connectivity index (χ1v) is 12.4. The molecule has 15 heteroatoms. The van der Waals surface area contributed by atoms with E-state index in [1.807, 2.05) is 0 Å². The molecule has 3 heterocycles. The lowest BCUT2D eigenvalue weighted by Gasteiger charge is -2.37. The summed E-state index contributed by atoms with van der Waals surface area (Å²) in [5.41, 5.74) is -0.496. The third kappa shape index (κ3) is 6.30. The molecule has 4 amide bonds. The molecule has 2 atom stereocenters. The Morgan fingerprint density at radius 3 is 2.40 bits per heavy atom. The number of amides is 4. The molecule has 2 aliphatic heterocycles. The number of hydrogen-bond acceptors (Lipinski definition) is 8. The SMILES string of the molecule is COC(=O)NCC1CN(c2cc(F)c(N3CCN(C(=O)C(C)NC(=O)c4ccc(=O)[nH]c4)CC3)c(F)c2)C(=O)O1. The van der Waals surface area contributed by atoms with E-state index in [4.69, 9.17) is 4.74 Å². The molecule has 1 aromatic carbocycles. The second-order valence-corrected chi connectivity index (χ2v) is 9.20. The molecule has 2 saturated heterocycles. The number of cyclic esters (lactones) is 1. The molecule has 2 aromatic rings. The maximum atomic E-state index is 15.1. The summed E-state index contributed by atoms with van der Waals surface area (Å²) in [5.74, 6) is -2.68. The summed E-state index contributed by atoms with van der Waals surface area (Å²) in [4.78, 5) is 66.3. The van der Waals surface area contributed by atoms with E-state index in [1.165, 1.54) is 42.2 Å². The Balaban J connectivity index is 1.34. The number of carbonyl (C=O) groups excluding carboxylic acids is 4. The number of anilines is 2. The van der Waals surface area contributed by atoms with Crippen molar-refractivity contribution in [3.05, 3.63) is 58.0 Å². The van der Waals surface area contributed by atoms with Crippen molar-refractivity contribution in [2.45, 2.75) is 19.1 Å². The number of halogens is 2. The molecule has 13 nitrogen and oxygen atoms in total. The maximum Gasteiger partial charge on any atom is 0.414 e. The van der Waals surface area contributed by atoms with Crippen LogP contribution in [0.1, 0.15) is 17.3 Å². The number of carbonyl (C=O) groups is 4. The van der Waals surface area contributed by atoms with Crippen molar-refractivity contribution in [1.29, 1.82) is 0 Å². The van der Waals surface area contributed by atoms with Crippen molar-refractivity contribution in [3.8, 4) is 0 Å². The van der Waals surface area contributed by atoms with Crippen molar-refractivity contribution in [2.24, 2.45) is 0 Å². The number of aromatic amines is 1. The van der Waals surface area contributed by atoms with Crippen LogP contribution in [0.4, 0.5) is 29.7 Å². The van der Waals surface area contributed by atoms with Crippen molar-refractivity contribution in [1.82, 2.24) is 20.5 Å². The number of nitrogens with zero attached hydrogens (tertiary/aromatic N) is 3. The number of hydrogen-bond donors (Lipinski definition) is 3. The number of piperazine rings is 1. The molecule has 0 spiro atoms. The van der Waals surface area contributed by atoms with E-state index in [1.54, 1.807) is 0 Å². The molecule has 2 aliphatic rings. The second-order valence-electron chi connectivity index (χ2n) is 9.20. The van der Waals surface area contributed by atoms with Crippen LogP contribution in [0, 0.1) is 11.6 Å². The minimum absolute atomic E-state index is 0.0290. The van der Waals surface area contributed by atoms with Crippen molar-refractivity contribution in [3.63, 3.8) is 0 Å². The molecule has 3 N–H and O–H groups in total. The van der Waals surface area contributed by atoms with Gasteiger partial charge in [0.05, 0.1) is 31.5 Å². The predicted molar refractivity (Wildman–Crippen MR) is 137 cm³/mol. The standard InChI is InChI=1S/C25H28F2N6O7/c1-14(30-22(35)15-3-4-20(34)28-11-15)23(36)32-7-5-31(6-8-32)21-18(26)9-16(10-19(21)27)33-13-17(40-25(33)38)12-29-24(37)39-2/h3-4,9-11,14,17H,5-8,12-13H2,1-2H3,(H,28,34)(H,29,37)(H,30,35). The van der Waals surface area contributed by atoms with Crippen LogP contribution in [0.25, 0.3) is 0 Å². The van der Waals surface area contributed by atoms with Gasteiger partial charge in [-0.1, -0.05) is 0 Å². The number of H-pyrrole nitrogens is 1. The van der Waals surface area contributed by atoms with Crippen molar-refractivity contribution >= 4 is 35.4 Å². The number of rotatable bonds is 7. The van der Waals surface area contributed by atoms with Gasteiger partial charge in [0.1, 0.15) is 17.8 Å². The third-order valence-electron chi connectivity index (χ3n) is 6.52. The van der Waals surface area contributed by atoms with Gasteiger partial charge in [0.15, 0.2) is 11.6 Å². The lowest BCUT2D eigenvalue weighted by molar-refractivity contribution is -0.133. The molecular weight excluding hydrogens is 534 g/mol. The van der Waals surface area contributed by atoms with Gasteiger partial charge < -0.3 is 34.9 Å². The number of aromatic nitrogens is 1. The van der Waals surface area contributed by atoms with Crippen molar-refractivity contribution < 1.29 is 37.4 Å². The van der Waals surface area contributed by atoms with E-state index in [-0.39, 0.29) is 67.7 Å². The molecule has 0 saturated carbocycles. The summed E-state index contributed by atoms with van der Waals surface area (Å²) < 4.78 is 39.8. The molecule has 2 unspecified atom stereocenters. The lowest BCUT2D eigenvalue weighted by Crippen LogP contribution is -2.54. The molecular formula is C25H28F2N6O7. The predicted octanol–water partition coefficient (Wildman–Crippen LogP) is 0.801. The molecule has 40 heavy (non-hydrogen) atoms. The monoisotopic (exact) mass is 562 g/mol. The van der Waals surface area contributed by atoms with Crippen LogP contribution in [0.3, 0.4) is 0 Å². The number of methoxy groups -OCH3 is 1. The van der Waals surface area contributed by atoms with E-state index in [9.17, 15) is 24.0 Å². The summed E-state index contributed by atoms with van der Waals surface area (Å²) in [6.45, 7) is 2.04. The molecule has 214 valence electrons. The van der Waals surface area contributed by atoms with Crippen LogP contribution < -0.4 is 26.0 Å². The van der Waals surface area contributed by atoms with Gasteiger partial charge in [-0.05, 0) is 13.0 Å². The fourth-order valence-electron chi connectivity index (χ4n) is 4.44. The zero-order valence-corrected chi connectivity index (χ0v) is 21.7. The van der Waals surface area contributed by atoms with Gasteiger partial charge in [-0.15, -0.1) is 0 Å². The van der Waals surface area contributed by atoms with Crippen LogP contribution in [-0.2, 0) is 14.3 Å². The lowest BCUT2D eigenvalue weighted by atomic mass is 10.1. The minimum Gasteiger partial charge on any atom is -0.453 e. The zero-order valence-electron chi connectivity index (χ0n) is 21.7. The summed E-state index contributed by atoms with van der Waals surface area (Å²) in [7, 11) is 1.19. The fourth-order valence-corrected chi connectivity index (χ4v) is 4.44. The summed E-state index contributed by atoms with van der Waals surface area (Å²) >= 11 is 0. The smallest absolute Gasteiger partial charge is 0.414 e. The van der Waals surface area contributed by atoms with Crippen LogP contribution in [0.15, 0.2) is 35.3 Å². The molecule has 0 radical (unpaired) electrons. The molecule has 2 fully saturated rings. The normalized spacial score (nSPS) is 17.8. The summed E-state index contributed by atoms with van der Waals surface area (Å²) in [6, 6.07) is 3.73. The van der Waals surface area contributed by atoms with Gasteiger partial charge in [0.2, 0.25) is 11.5 Å². The Hall–Kier alpha value is -4.69. The fraction of sp³-hybridized carbons (Fsp3) is 0.400. The van der Waals surface area contributed by atoms with Crippen LogP contribution >= 0.6 is 0 Å². The van der Waals surface area contributed by atoms with Gasteiger partial charge >= 0.3 is 12.2 Å². The minimum atomic E-state index is -0.889. The number of nitrogens with one attached hydrogen (secondary N) is 3. The first-order valence-electron chi connectivity index (χ1n) is 12.4. The van der Waals surface area contributed by atoms with Crippen LogP contribution in [0.5, 0.6) is 0 Å². The first kappa shape index (κ1) is 28.3. The Morgan fingerprint density at radius 2 is 1.80 bits per heavy atom. The number of alkyl carbamates (subject to hydrolysis) is 1. The highest BCUT2D eigenvalue weighted by Crippen LogP contribution is 2.31. The first-order chi connectivity index (χ1) is 19.1. The summed E-state index contributed by atoms with van der Waals surface area (Å²) in [5, 5.41) is 4.97. The number of benzene rings is 1. The second kappa shape index (κ2) is 12.0. The van der Waals surface area contributed by atoms with Crippen LogP contribution in [0.2, 0.25) is 0 Å². The largest absolute Gasteiger partial charge is 0.453 e. The maximum absolute atomic E-state index is 15.1. The molecule has 0 aliphatic carbocycles. The van der Waals surface area contributed by atoms with E-state index >= 15 is 8.78 Å². The quantitative estimate of drug-likeness (QED) is 0.448.